The Labute approximate surface area is 179 Å². The van der Waals surface area contributed by atoms with Crippen LogP contribution >= 0.6 is 0 Å². The number of rotatable bonds is 5. The standard InChI is InChI=1S/C21H34N4O4S/c1-2-30(27,28)25-13-7-6-10-18(25)20-23-22-19(29-20)16-11-14-24(15-12-16)21(26)17-8-4-3-5-9-17/h16-18H,2-15H2,1H3/t18-/m0/s1. The number of carbonyl (C=O) groups is 1. The summed E-state index contributed by atoms with van der Waals surface area (Å²) in [6.45, 7) is 3.65. The smallest absolute Gasteiger partial charge is 0.234 e. The highest BCUT2D eigenvalue weighted by molar-refractivity contribution is 7.89. The molecule has 0 radical (unpaired) electrons. The third kappa shape index (κ3) is 4.56. The van der Waals surface area contributed by atoms with Gasteiger partial charge < -0.3 is 9.32 Å². The number of likely N-dealkylation sites (tertiary alicyclic amines) is 1. The van der Waals surface area contributed by atoms with Gasteiger partial charge >= 0.3 is 0 Å². The van der Waals surface area contributed by atoms with Crippen molar-refractivity contribution in [3.05, 3.63) is 11.8 Å². The zero-order valence-electron chi connectivity index (χ0n) is 18.0. The van der Waals surface area contributed by atoms with Gasteiger partial charge in [-0.25, -0.2) is 8.42 Å². The first kappa shape index (κ1) is 21.7. The van der Waals surface area contributed by atoms with Crippen LogP contribution in [-0.4, -0.2) is 59.1 Å². The normalized spacial score (nSPS) is 25.5. The van der Waals surface area contributed by atoms with Gasteiger partial charge in [-0.3, -0.25) is 4.79 Å². The third-order valence-electron chi connectivity index (χ3n) is 7.03. The number of sulfonamides is 1. The minimum absolute atomic E-state index is 0.0813. The summed E-state index contributed by atoms with van der Waals surface area (Å²) in [6.07, 6.45) is 9.84. The van der Waals surface area contributed by atoms with Gasteiger partial charge in [-0.05, 0) is 45.4 Å². The van der Waals surface area contributed by atoms with Gasteiger partial charge in [0, 0.05) is 31.5 Å². The van der Waals surface area contributed by atoms with Crippen LogP contribution in [0.4, 0.5) is 0 Å². The number of nitrogens with zero attached hydrogens (tertiary/aromatic N) is 4. The second kappa shape index (κ2) is 9.34. The molecule has 0 spiro atoms. The summed E-state index contributed by atoms with van der Waals surface area (Å²) in [7, 11) is -3.30. The lowest BCUT2D eigenvalue weighted by molar-refractivity contribution is -0.137. The molecule has 0 aromatic carbocycles. The van der Waals surface area contributed by atoms with Crippen molar-refractivity contribution < 1.29 is 17.6 Å². The SMILES string of the molecule is CCS(=O)(=O)N1CCCC[C@H]1c1nnc(C2CCN(C(=O)C3CCCCC3)CC2)o1. The van der Waals surface area contributed by atoms with Crippen LogP contribution in [0.15, 0.2) is 4.42 Å². The molecule has 1 atom stereocenters. The van der Waals surface area contributed by atoms with Gasteiger partial charge in [0.25, 0.3) is 0 Å². The van der Waals surface area contributed by atoms with Gasteiger partial charge in [-0.15, -0.1) is 10.2 Å². The summed E-state index contributed by atoms with van der Waals surface area (Å²) in [5, 5.41) is 8.51. The van der Waals surface area contributed by atoms with E-state index in [2.05, 4.69) is 10.2 Å². The molecule has 3 heterocycles. The predicted molar refractivity (Wildman–Crippen MR) is 112 cm³/mol. The van der Waals surface area contributed by atoms with Crippen LogP contribution in [0.25, 0.3) is 0 Å². The number of hydrogen-bond donors (Lipinski definition) is 0. The fourth-order valence-electron chi connectivity index (χ4n) is 5.15. The maximum Gasteiger partial charge on any atom is 0.234 e. The van der Waals surface area contributed by atoms with E-state index in [4.69, 9.17) is 4.42 Å². The molecule has 1 amide bonds. The Hall–Kier alpha value is -1.48. The van der Waals surface area contributed by atoms with Crippen LogP contribution in [0.1, 0.15) is 94.9 Å². The molecule has 3 aliphatic rings. The first-order valence-electron chi connectivity index (χ1n) is 11.6. The molecular formula is C21H34N4O4S. The molecule has 1 aliphatic carbocycles. The second-order valence-electron chi connectivity index (χ2n) is 8.94. The molecule has 9 heteroatoms. The number of aromatic nitrogens is 2. The van der Waals surface area contributed by atoms with E-state index in [0.717, 1.165) is 58.0 Å². The quantitative estimate of drug-likeness (QED) is 0.700. The molecule has 168 valence electrons. The maximum atomic E-state index is 12.8. The summed E-state index contributed by atoms with van der Waals surface area (Å²) in [6, 6.07) is -0.349. The van der Waals surface area contributed by atoms with E-state index < -0.39 is 10.0 Å². The van der Waals surface area contributed by atoms with Crippen LogP contribution in [-0.2, 0) is 14.8 Å². The lowest BCUT2D eigenvalue weighted by Crippen LogP contribution is -2.41. The molecule has 2 aliphatic heterocycles. The lowest BCUT2D eigenvalue weighted by Gasteiger charge is -2.34. The number of amides is 1. The zero-order valence-corrected chi connectivity index (χ0v) is 18.8. The van der Waals surface area contributed by atoms with Gasteiger partial charge in [0.15, 0.2) is 0 Å². The van der Waals surface area contributed by atoms with Crippen molar-refractivity contribution >= 4 is 15.9 Å². The molecule has 1 aromatic rings. The largest absolute Gasteiger partial charge is 0.423 e. The topological polar surface area (TPSA) is 96.6 Å². The Bertz CT molecular complexity index is 826. The molecule has 3 fully saturated rings. The van der Waals surface area contributed by atoms with Crippen LogP contribution in [0, 0.1) is 5.92 Å². The van der Waals surface area contributed by atoms with Crippen molar-refractivity contribution in [3.8, 4) is 0 Å². The molecule has 30 heavy (non-hydrogen) atoms. The Kier molecular flexibility index (Phi) is 6.77. The van der Waals surface area contributed by atoms with Gasteiger partial charge in [0.05, 0.1) is 5.75 Å². The summed E-state index contributed by atoms with van der Waals surface area (Å²) in [5.41, 5.74) is 0. The Morgan fingerprint density at radius 1 is 0.933 bits per heavy atom. The highest BCUT2D eigenvalue weighted by atomic mass is 32.2. The average Bonchev–Trinajstić information content (AvgIpc) is 3.29. The minimum Gasteiger partial charge on any atom is -0.423 e. The van der Waals surface area contributed by atoms with Crippen molar-refractivity contribution in [3.63, 3.8) is 0 Å². The maximum absolute atomic E-state index is 12.8. The summed E-state index contributed by atoms with van der Waals surface area (Å²) in [4.78, 5) is 14.8. The number of hydrogen-bond acceptors (Lipinski definition) is 6. The van der Waals surface area contributed by atoms with Crippen LogP contribution in [0.5, 0.6) is 0 Å². The zero-order chi connectivity index (χ0) is 21.1. The van der Waals surface area contributed by atoms with Crippen LogP contribution < -0.4 is 0 Å². The molecule has 1 aromatic heterocycles. The Morgan fingerprint density at radius 2 is 1.60 bits per heavy atom. The highest BCUT2D eigenvalue weighted by Crippen LogP contribution is 2.35. The lowest BCUT2D eigenvalue weighted by atomic mass is 9.87. The van der Waals surface area contributed by atoms with Gasteiger partial charge in [0.2, 0.25) is 27.7 Å². The molecule has 0 N–H and O–H groups in total. The summed E-state index contributed by atoms with van der Waals surface area (Å²) in [5.74, 6) is 1.76. The van der Waals surface area contributed by atoms with Crippen molar-refractivity contribution in [2.75, 3.05) is 25.4 Å². The number of piperidine rings is 2. The fraction of sp³-hybridized carbons (Fsp3) is 0.857. The van der Waals surface area contributed by atoms with Gasteiger partial charge in [0.1, 0.15) is 6.04 Å². The third-order valence-corrected chi connectivity index (χ3v) is 8.91. The van der Waals surface area contributed by atoms with E-state index in [0.29, 0.717) is 24.2 Å². The molecule has 8 nitrogen and oxygen atoms in total. The Morgan fingerprint density at radius 3 is 2.30 bits per heavy atom. The van der Waals surface area contributed by atoms with E-state index in [1.165, 1.54) is 19.3 Å². The first-order valence-corrected chi connectivity index (χ1v) is 13.2. The van der Waals surface area contributed by atoms with Crippen molar-refractivity contribution in [2.45, 2.75) is 83.1 Å². The monoisotopic (exact) mass is 438 g/mol. The van der Waals surface area contributed by atoms with E-state index in [1.54, 1.807) is 11.2 Å². The molecule has 4 rings (SSSR count). The fourth-order valence-corrected chi connectivity index (χ4v) is 6.47. The van der Waals surface area contributed by atoms with Crippen LogP contribution in [0.3, 0.4) is 0 Å². The molecule has 0 bridgehead atoms. The minimum atomic E-state index is -3.30. The summed E-state index contributed by atoms with van der Waals surface area (Å²) < 4.78 is 32.5. The predicted octanol–water partition coefficient (Wildman–Crippen LogP) is 3.23. The van der Waals surface area contributed by atoms with Gasteiger partial charge in [-0.2, -0.15) is 4.31 Å². The van der Waals surface area contributed by atoms with Crippen molar-refractivity contribution in [1.82, 2.24) is 19.4 Å². The Balaban J connectivity index is 1.38. The van der Waals surface area contributed by atoms with E-state index >= 15 is 0 Å². The number of carbonyl (C=O) groups excluding carboxylic acids is 1. The molecule has 1 saturated carbocycles. The highest BCUT2D eigenvalue weighted by Gasteiger charge is 2.37. The first-order chi connectivity index (χ1) is 14.5. The summed E-state index contributed by atoms with van der Waals surface area (Å²) >= 11 is 0. The average molecular weight is 439 g/mol. The van der Waals surface area contributed by atoms with Crippen LogP contribution in [0.2, 0.25) is 0 Å². The molecule has 0 unspecified atom stereocenters. The van der Waals surface area contributed by atoms with E-state index in [-0.39, 0.29) is 23.6 Å². The van der Waals surface area contributed by atoms with E-state index in [9.17, 15) is 13.2 Å². The molecular weight excluding hydrogens is 404 g/mol. The van der Waals surface area contributed by atoms with Crippen molar-refractivity contribution in [1.29, 1.82) is 0 Å². The second-order valence-corrected chi connectivity index (χ2v) is 11.1. The van der Waals surface area contributed by atoms with Crippen molar-refractivity contribution in [2.24, 2.45) is 5.92 Å². The molecule has 2 saturated heterocycles. The van der Waals surface area contributed by atoms with E-state index in [1.807, 2.05) is 4.90 Å². The van der Waals surface area contributed by atoms with Gasteiger partial charge in [-0.1, -0.05) is 25.7 Å².